The Labute approximate surface area is 174 Å². The van der Waals surface area contributed by atoms with Gasteiger partial charge in [0.15, 0.2) is 0 Å². The zero-order valence-corrected chi connectivity index (χ0v) is 17.9. The van der Waals surface area contributed by atoms with Gasteiger partial charge in [0.2, 0.25) is 0 Å². The van der Waals surface area contributed by atoms with Crippen LogP contribution < -0.4 is 4.74 Å². The number of hydrogen-bond acceptors (Lipinski definition) is 3. The minimum Gasteiger partial charge on any atom is -0.494 e. The highest BCUT2D eigenvalue weighted by atomic mass is 35.5. The SMILES string of the molecule is C[C@]12CC[C@@H]3c4ccc(OCCCCl)cc4CC[C@H]3[C@@H]1CCC2OCCCO. The highest BCUT2D eigenvalue weighted by Crippen LogP contribution is 2.61. The number of fused-ring (bicyclic) bond motifs is 5. The van der Waals surface area contributed by atoms with Crippen LogP contribution in [0.5, 0.6) is 5.75 Å². The largest absolute Gasteiger partial charge is 0.494 e. The first kappa shape index (κ1) is 20.5. The first-order valence-corrected chi connectivity index (χ1v) is 11.7. The Morgan fingerprint density at radius 2 is 2.04 bits per heavy atom. The summed E-state index contributed by atoms with van der Waals surface area (Å²) in [5.74, 6) is 3.93. The van der Waals surface area contributed by atoms with Gasteiger partial charge in [-0.15, -0.1) is 11.6 Å². The van der Waals surface area contributed by atoms with Crippen LogP contribution >= 0.6 is 11.6 Å². The van der Waals surface area contributed by atoms with E-state index in [9.17, 15) is 0 Å². The van der Waals surface area contributed by atoms with Gasteiger partial charge in [-0.1, -0.05) is 13.0 Å². The van der Waals surface area contributed by atoms with E-state index in [2.05, 4.69) is 25.1 Å². The van der Waals surface area contributed by atoms with Crippen molar-refractivity contribution in [3.05, 3.63) is 29.3 Å². The number of benzene rings is 1. The summed E-state index contributed by atoms with van der Waals surface area (Å²) in [7, 11) is 0. The highest BCUT2D eigenvalue weighted by Gasteiger charge is 2.55. The van der Waals surface area contributed by atoms with E-state index in [-0.39, 0.29) is 6.61 Å². The number of aliphatic hydroxyl groups excluding tert-OH is 1. The number of halogens is 1. The van der Waals surface area contributed by atoms with Crippen molar-refractivity contribution in [3.63, 3.8) is 0 Å². The summed E-state index contributed by atoms with van der Waals surface area (Å²) in [6, 6.07) is 6.79. The van der Waals surface area contributed by atoms with Crippen LogP contribution in [0.4, 0.5) is 0 Å². The van der Waals surface area contributed by atoms with Gasteiger partial charge in [-0.2, -0.15) is 0 Å². The maximum Gasteiger partial charge on any atom is 0.119 e. The molecule has 156 valence electrons. The van der Waals surface area contributed by atoms with Crippen molar-refractivity contribution in [1.82, 2.24) is 0 Å². The molecule has 1 aromatic carbocycles. The lowest BCUT2D eigenvalue weighted by atomic mass is 9.55. The molecule has 4 heteroatoms. The Kier molecular flexibility index (Phi) is 6.54. The molecule has 0 amide bonds. The van der Waals surface area contributed by atoms with E-state index >= 15 is 0 Å². The Morgan fingerprint density at radius 1 is 1.14 bits per heavy atom. The van der Waals surface area contributed by atoms with E-state index < -0.39 is 0 Å². The lowest BCUT2D eigenvalue weighted by Crippen LogP contribution is -2.44. The molecule has 1 N–H and O–H groups in total. The minimum atomic E-state index is 0.228. The maximum atomic E-state index is 9.07. The molecule has 0 aliphatic heterocycles. The fourth-order valence-corrected chi connectivity index (χ4v) is 6.52. The van der Waals surface area contributed by atoms with Crippen molar-refractivity contribution in [1.29, 1.82) is 0 Å². The molecule has 28 heavy (non-hydrogen) atoms. The fourth-order valence-electron chi connectivity index (χ4n) is 6.41. The van der Waals surface area contributed by atoms with Crippen LogP contribution in [0.15, 0.2) is 18.2 Å². The molecule has 3 aliphatic rings. The molecule has 0 bridgehead atoms. The summed E-state index contributed by atoms with van der Waals surface area (Å²) in [6.45, 7) is 4.11. The predicted octanol–water partition coefficient (Wildman–Crippen LogP) is 5.32. The monoisotopic (exact) mass is 406 g/mol. The molecule has 5 atom stereocenters. The summed E-state index contributed by atoms with van der Waals surface area (Å²) in [5, 5.41) is 9.07. The second kappa shape index (κ2) is 8.93. The molecule has 3 aliphatic carbocycles. The maximum absolute atomic E-state index is 9.07. The van der Waals surface area contributed by atoms with Gasteiger partial charge in [-0.25, -0.2) is 0 Å². The highest BCUT2D eigenvalue weighted by molar-refractivity contribution is 6.17. The molecule has 1 aromatic rings. The summed E-state index contributed by atoms with van der Waals surface area (Å²) in [5.41, 5.74) is 3.40. The van der Waals surface area contributed by atoms with Crippen LogP contribution in [0, 0.1) is 17.3 Å². The third-order valence-electron chi connectivity index (χ3n) is 7.78. The number of rotatable bonds is 8. The van der Waals surface area contributed by atoms with Crippen LogP contribution in [0.1, 0.15) is 68.9 Å². The van der Waals surface area contributed by atoms with Crippen molar-refractivity contribution in [2.75, 3.05) is 25.7 Å². The second-order valence-electron chi connectivity index (χ2n) is 9.23. The lowest BCUT2D eigenvalue weighted by molar-refractivity contribution is -0.0661. The molecule has 2 saturated carbocycles. The second-order valence-corrected chi connectivity index (χ2v) is 9.60. The molecule has 3 nitrogen and oxygen atoms in total. The van der Waals surface area contributed by atoms with Crippen molar-refractivity contribution in [2.45, 2.75) is 70.3 Å². The molecular formula is C24H35ClO3. The third-order valence-corrected chi connectivity index (χ3v) is 8.05. The van der Waals surface area contributed by atoms with E-state index in [4.69, 9.17) is 26.2 Å². The Bertz CT molecular complexity index is 663. The van der Waals surface area contributed by atoms with E-state index in [1.165, 1.54) is 44.1 Å². The standard InChI is InChI=1S/C24H35ClO3/c1-24-11-10-20-19-7-5-18(27-14-2-12-25)16-17(19)4-6-21(20)22(24)8-9-23(24)28-15-3-13-26/h5,7,16,20-23,26H,2-4,6,8-15H2,1H3/t20-,21-,22+,23?,24+/m1/s1. The molecule has 2 fully saturated rings. The molecule has 0 aromatic heterocycles. The normalized spacial score (nSPS) is 33.8. The molecule has 4 rings (SSSR count). The number of hydrogen-bond donors (Lipinski definition) is 1. The van der Waals surface area contributed by atoms with Gasteiger partial charge in [-0.3, -0.25) is 0 Å². The van der Waals surface area contributed by atoms with Crippen molar-refractivity contribution < 1.29 is 14.6 Å². The molecule has 1 unspecified atom stereocenters. The molecular weight excluding hydrogens is 372 g/mol. The van der Waals surface area contributed by atoms with Gasteiger partial charge < -0.3 is 14.6 Å². The number of alkyl halides is 1. The Morgan fingerprint density at radius 3 is 2.86 bits per heavy atom. The van der Waals surface area contributed by atoms with Crippen LogP contribution in [0.25, 0.3) is 0 Å². The van der Waals surface area contributed by atoms with Crippen molar-refractivity contribution >= 4 is 11.6 Å². The topological polar surface area (TPSA) is 38.7 Å². The van der Waals surface area contributed by atoms with Crippen LogP contribution in [0.2, 0.25) is 0 Å². The van der Waals surface area contributed by atoms with Crippen molar-refractivity contribution in [3.8, 4) is 5.75 Å². The average molecular weight is 407 g/mol. The fraction of sp³-hybridized carbons (Fsp3) is 0.750. The Balaban J connectivity index is 1.46. The van der Waals surface area contributed by atoms with Crippen LogP contribution in [0.3, 0.4) is 0 Å². The third kappa shape index (κ3) is 3.82. The molecule has 0 spiro atoms. The predicted molar refractivity (Wildman–Crippen MR) is 113 cm³/mol. The Hall–Kier alpha value is -0.770. The van der Waals surface area contributed by atoms with E-state index in [0.717, 1.165) is 30.4 Å². The first-order valence-electron chi connectivity index (χ1n) is 11.2. The van der Waals surface area contributed by atoms with Gasteiger partial charge in [0.25, 0.3) is 0 Å². The zero-order chi connectivity index (χ0) is 19.6. The van der Waals surface area contributed by atoms with Gasteiger partial charge >= 0.3 is 0 Å². The quantitative estimate of drug-likeness (QED) is 0.469. The molecule has 0 radical (unpaired) electrons. The van der Waals surface area contributed by atoms with E-state index in [0.29, 0.717) is 36.5 Å². The van der Waals surface area contributed by atoms with E-state index in [1.54, 1.807) is 5.56 Å². The number of aliphatic hydroxyl groups is 1. The molecule has 0 heterocycles. The van der Waals surface area contributed by atoms with Crippen LogP contribution in [-0.2, 0) is 11.2 Å². The number of ether oxygens (including phenoxy) is 2. The zero-order valence-electron chi connectivity index (χ0n) is 17.2. The average Bonchev–Trinajstić information content (AvgIpc) is 3.04. The summed E-state index contributed by atoms with van der Waals surface area (Å²) >= 11 is 5.76. The van der Waals surface area contributed by atoms with Gasteiger partial charge in [-0.05, 0) is 97.8 Å². The minimum absolute atomic E-state index is 0.228. The summed E-state index contributed by atoms with van der Waals surface area (Å²) in [6.07, 6.45) is 9.53. The van der Waals surface area contributed by atoms with Crippen LogP contribution in [-0.4, -0.2) is 36.9 Å². The van der Waals surface area contributed by atoms with Gasteiger partial charge in [0, 0.05) is 19.1 Å². The lowest BCUT2D eigenvalue weighted by Gasteiger charge is -2.50. The van der Waals surface area contributed by atoms with Gasteiger partial charge in [0.05, 0.1) is 12.7 Å². The van der Waals surface area contributed by atoms with Gasteiger partial charge in [0.1, 0.15) is 5.75 Å². The summed E-state index contributed by atoms with van der Waals surface area (Å²) in [4.78, 5) is 0. The van der Waals surface area contributed by atoms with E-state index in [1.807, 2.05) is 0 Å². The smallest absolute Gasteiger partial charge is 0.119 e. The van der Waals surface area contributed by atoms with Crippen molar-refractivity contribution in [2.24, 2.45) is 17.3 Å². The number of aryl methyl sites for hydroxylation is 1. The first-order chi connectivity index (χ1) is 13.7. The molecule has 0 saturated heterocycles. The summed E-state index contributed by atoms with van der Waals surface area (Å²) < 4.78 is 12.1.